The number of halogens is 2. The van der Waals surface area contributed by atoms with Crippen LogP contribution in [0, 0.1) is 6.92 Å². The van der Waals surface area contributed by atoms with E-state index in [4.69, 9.17) is 32.7 Å². The molecule has 7 heteroatoms. The minimum atomic E-state index is -0.960. The van der Waals surface area contributed by atoms with Gasteiger partial charge in [0.25, 0.3) is 5.91 Å². The smallest absolute Gasteiger partial charge is 0.344 e. The highest BCUT2D eigenvalue weighted by atomic mass is 35.5. The molecule has 2 aromatic rings. The van der Waals surface area contributed by atoms with Crippen LogP contribution in [0.4, 0.5) is 5.69 Å². The monoisotopic (exact) mass is 381 g/mol. The number of carbonyl (C=O) groups excluding carboxylic acids is 2. The summed E-state index contributed by atoms with van der Waals surface area (Å²) in [5.41, 5.74) is 1.71. The number of aryl methyl sites for hydroxylation is 1. The number of amides is 1. The van der Waals surface area contributed by atoms with Gasteiger partial charge in [0.15, 0.2) is 12.7 Å². The summed E-state index contributed by atoms with van der Waals surface area (Å²) in [4.78, 5) is 23.8. The first-order chi connectivity index (χ1) is 11.8. The van der Waals surface area contributed by atoms with Crippen molar-refractivity contribution in [1.29, 1.82) is 0 Å². The van der Waals surface area contributed by atoms with Gasteiger partial charge in [-0.25, -0.2) is 4.79 Å². The van der Waals surface area contributed by atoms with Crippen molar-refractivity contribution < 1.29 is 19.1 Å². The molecule has 1 amide bonds. The van der Waals surface area contributed by atoms with Crippen LogP contribution in [0.15, 0.2) is 42.5 Å². The summed E-state index contributed by atoms with van der Waals surface area (Å²) >= 11 is 11.7. The topological polar surface area (TPSA) is 64.6 Å². The molecule has 0 unspecified atom stereocenters. The third kappa shape index (κ3) is 5.96. The number of nitrogens with one attached hydrogen (secondary N) is 1. The summed E-state index contributed by atoms with van der Waals surface area (Å²) in [6, 6.07) is 11.9. The van der Waals surface area contributed by atoms with Crippen LogP contribution >= 0.6 is 23.2 Å². The number of benzene rings is 2. The van der Waals surface area contributed by atoms with Crippen molar-refractivity contribution in [3.8, 4) is 5.75 Å². The molecule has 1 atom stereocenters. The Bertz CT molecular complexity index is 762. The van der Waals surface area contributed by atoms with Gasteiger partial charge in [-0.3, -0.25) is 4.79 Å². The van der Waals surface area contributed by atoms with Crippen LogP contribution in [-0.2, 0) is 14.3 Å². The van der Waals surface area contributed by atoms with E-state index in [1.807, 2.05) is 19.1 Å². The van der Waals surface area contributed by atoms with Crippen molar-refractivity contribution in [1.82, 2.24) is 0 Å². The van der Waals surface area contributed by atoms with E-state index in [0.29, 0.717) is 16.5 Å². The summed E-state index contributed by atoms with van der Waals surface area (Å²) in [6.07, 6.45) is -0.960. The van der Waals surface area contributed by atoms with Gasteiger partial charge in [-0.2, -0.15) is 0 Å². The lowest BCUT2D eigenvalue weighted by molar-refractivity contribution is -0.155. The number of carbonyl (C=O) groups is 2. The number of anilines is 1. The minimum absolute atomic E-state index is 0.283. The Labute approximate surface area is 155 Å². The molecule has 0 saturated carbocycles. The molecule has 132 valence electrons. The lowest BCUT2D eigenvalue weighted by atomic mass is 10.2. The molecule has 0 bridgehead atoms. The molecular weight excluding hydrogens is 365 g/mol. The summed E-state index contributed by atoms with van der Waals surface area (Å²) in [6.45, 7) is 3.06. The third-order valence-electron chi connectivity index (χ3n) is 3.24. The lowest BCUT2D eigenvalue weighted by Gasteiger charge is -2.14. The predicted octanol–water partition coefficient (Wildman–Crippen LogP) is 4.25. The fourth-order valence-corrected chi connectivity index (χ4v) is 2.36. The maximum absolute atomic E-state index is 12.0. The van der Waals surface area contributed by atoms with Crippen LogP contribution in [0.3, 0.4) is 0 Å². The van der Waals surface area contributed by atoms with Crippen LogP contribution < -0.4 is 10.1 Å². The maximum atomic E-state index is 12.0. The molecule has 0 heterocycles. The van der Waals surface area contributed by atoms with E-state index in [1.54, 1.807) is 24.3 Å². The highest BCUT2D eigenvalue weighted by Crippen LogP contribution is 2.27. The van der Waals surface area contributed by atoms with Crippen LogP contribution in [0.2, 0.25) is 10.0 Å². The average Bonchev–Trinajstić information content (AvgIpc) is 2.56. The largest absolute Gasteiger partial charge is 0.480 e. The minimum Gasteiger partial charge on any atom is -0.480 e. The molecule has 1 N–H and O–H groups in total. The molecule has 2 rings (SSSR count). The highest BCUT2D eigenvalue weighted by Gasteiger charge is 2.18. The molecule has 0 saturated heterocycles. The second kappa shape index (κ2) is 8.74. The molecule has 0 aromatic heterocycles. The van der Waals surface area contributed by atoms with Gasteiger partial charge >= 0.3 is 5.97 Å². The van der Waals surface area contributed by atoms with Gasteiger partial charge in [-0.05, 0) is 44.2 Å². The summed E-state index contributed by atoms with van der Waals surface area (Å²) in [5, 5.41) is 3.41. The van der Waals surface area contributed by atoms with E-state index >= 15 is 0 Å². The second-order valence-electron chi connectivity index (χ2n) is 5.35. The molecule has 0 aliphatic carbocycles. The Balaban J connectivity index is 1.82. The van der Waals surface area contributed by atoms with Crippen LogP contribution in [0.1, 0.15) is 12.5 Å². The van der Waals surface area contributed by atoms with E-state index in [-0.39, 0.29) is 11.6 Å². The number of hydrogen-bond donors (Lipinski definition) is 1. The predicted molar refractivity (Wildman–Crippen MR) is 97.3 cm³/mol. The number of esters is 1. The number of ether oxygens (including phenoxy) is 2. The first-order valence-electron chi connectivity index (χ1n) is 7.50. The molecule has 0 aliphatic heterocycles. The Morgan fingerprint density at radius 3 is 2.44 bits per heavy atom. The van der Waals surface area contributed by atoms with E-state index in [9.17, 15) is 9.59 Å². The molecule has 25 heavy (non-hydrogen) atoms. The van der Waals surface area contributed by atoms with Gasteiger partial charge in [-0.1, -0.05) is 40.9 Å². The molecule has 5 nitrogen and oxygen atoms in total. The third-order valence-corrected chi connectivity index (χ3v) is 3.77. The second-order valence-corrected chi connectivity index (χ2v) is 6.19. The van der Waals surface area contributed by atoms with Crippen molar-refractivity contribution in [2.75, 3.05) is 11.9 Å². The van der Waals surface area contributed by atoms with Crippen molar-refractivity contribution >= 4 is 40.8 Å². The summed E-state index contributed by atoms with van der Waals surface area (Å²) < 4.78 is 10.3. The molecular formula is C18H17Cl2NO4. The Kier molecular flexibility index (Phi) is 6.67. The van der Waals surface area contributed by atoms with Crippen molar-refractivity contribution in [3.05, 3.63) is 58.1 Å². The van der Waals surface area contributed by atoms with Crippen molar-refractivity contribution in [3.63, 3.8) is 0 Å². The molecule has 0 aliphatic rings. The van der Waals surface area contributed by atoms with E-state index in [0.717, 1.165) is 5.56 Å². The Morgan fingerprint density at radius 1 is 1.12 bits per heavy atom. The summed E-state index contributed by atoms with van der Waals surface area (Å²) in [7, 11) is 0. The van der Waals surface area contributed by atoms with Gasteiger partial charge < -0.3 is 14.8 Å². The van der Waals surface area contributed by atoms with Crippen LogP contribution in [-0.4, -0.2) is 24.6 Å². The first kappa shape index (κ1) is 19.1. The molecule has 2 aromatic carbocycles. The fraction of sp³-hybridized carbons (Fsp3) is 0.222. The van der Waals surface area contributed by atoms with Gasteiger partial charge in [0.05, 0.1) is 5.02 Å². The number of rotatable bonds is 6. The fourth-order valence-electron chi connectivity index (χ4n) is 1.89. The summed E-state index contributed by atoms with van der Waals surface area (Å²) in [5.74, 6) is -0.806. The SMILES string of the molecule is Cc1ccc(NC(=O)[C@@H](C)OC(=O)COc2ccc(Cl)cc2Cl)cc1. The zero-order valence-corrected chi connectivity index (χ0v) is 15.2. The zero-order chi connectivity index (χ0) is 18.4. The van der Waals surface area contributed by atoms with Crippen molar-refractivity contribution in [2.45, 2.75) is 20.0 Å². The van der Waals surface area contributed by atoms with Crippen LogP contribution in [0.25, 0.3) is 0 Å². The van der Waals surface area contributed by atoms with E-state index in [1.165, 1.54) is 13.0 Å². The van der Waals surface area contributed by atoms with Crippen molar-refractivity contribution in [2.24, 2.45) is 0 Å². The van der Waals surface area contributed by atoms with E-state index < -0.39 is 18.0 Å². The Morgan fingerprint density at radius 2 is 1.80 bits per heavy atom. The van der Waals surface area contributed by atoms with Gasteiger partial charge in [0, 0.05) is 10.7 Å². The molecule has 0 radical (unpaired) electrons. The molecule has 0 spiro atoms. The average molecular weight is 382 g/mol. The quantitative estimate of drug-likeness (QED) is 0.759. The normalized spacial score (nSPS) is 11.5. The van der Waals surface area contributed by atoms with Gasteiger partial charge in [0.1, 0.15) is 5.75 Å². The maximum Gasteiger partial charge on any atom is 0.344 e. The zero-order valence-electron chi connectivity index (χ0n) is 13.7. The highest BCUT2D eigenvalue weighted by molar-refractivity contribution is 6.35. The van der Waals surface area contributed by atoms with Crippen LogP contribution in [0.5, 0.6) is 5.75 Å². The molecule has 0 fully saturated rings. The van der Waals surface area contributed by atoms with Gasteiger partial charge in [-0.15, -0.1) is 0 Å². The number of hydrogen-bond acceptors (Lipinski definition) is 4. The first-order valence-corrected chi connectivity index (χ1v) is 8.25. The lowest BCUT2D eigenvalue weighted by Crippen LogP contribution is -2.31. The van der Waals surface area contributed by atoms with Gasteiger partial charge in [0.2, 0.25) is 0 Å². The standard InChI is InChI=1S/C18H17Cl2NO4/c1-11-3-6-14(7-4-11)21-18(23)12(2)25-17(22)10-24-16-8-5-13(19)9-15(16)20/h3-9,12H,10H2,1-2H3,(H,21,23)/t12-/m1/s1. The van der Waals surface area contributed by atoms with E-state index in [2.05, 4.69) is 5.32 Å². The Hall–Kier alpha value is -2.24.